The molecule has 1 aliphatic heterocycles. The van der Waals surface area contributed by atoms with Gasteiger partial charge in [0.1, 0.15) is 11.9 Å². The smallest absolute Gasteiger partial charge is 0.140 e. The van der Waals surface area contributed by atoms with Crippen molar-refractivity contribution in [3.8, 4) is 0 Å². The lowest BCUT2D eigenvalue weighted by Gasteiger charge is -2.07. The molecule has 1 aromatic heterocycles. The van der Waals surface area contributed by atoms with E-state index < -0.39 is 0 Å². The quantitative estimate of drug-likeness (QED) is 0.666. The highest BCUT2D eigenvalue weighted by Crippen LogP contribution is 2.30. The second kappa shape index (κ2) is 2.99. The van der Waals surface area contributed by atoms with Crippen LogP contribution >= 0.6 is 0 Å². The molecule has 2 heteroatoms. The molecule has 0 amide bonds. The lowest BCUT2D eigenvalue weighted by molar-refractivity contribution is 0.107. The Labute approximate surface area is 71.1 Å². The lowest BCUT2D eigenvalue weighted by Crippen LogP contribution is -1.97. The van der Waals surface area contributed by atoms with Crippen LogP contribution in [0, 0.1) is 0 Å². The van der Waals surface area contributed by atoms with Gasteiger partial charge in [0, 0.05) is 0 Å². The summed E-state index contributed by atoms with van der Waals surface area (Å²) in [6.07, 6.45) is 5.43. The van der Waals surface area contributed by atoms with E-state index in [2.05, 4.69) is 6.58 Å². The summed E-state index contributed by atoms with van der Waals surface area (Å²) in [5, 5.41) is 0. The Kier molecular flexibility index (Phi) is 1.84. The average molecular weight is 162 g/mol. The van der Waals surface area contributed by atoms with E-state index in [-0.39, 0.29) is 6.10 Å². The van der Waals surface area contributed by atoms with Gasteiger partial charge in [0.05, 0.1) is 12.9 Å². The van der Waals surface area contributed by atoms with Crippen molar-refractivity contribution in [2.75, 3.05) is 6.61 Å². The van der Waals surface area contributed by atoms with Crippen LogP contribution in [0.4, 0.5) is 0 Å². The molecule has 0 saturated carbocycles. The van der Waals surface area contributed by atoms with Crippen LogP contribution in [0.25, 0.3) is 0 Å². The third-order valence-electron chi connectivity index (χ3n) is 1.92. The molecular weight excluding hydrogens is 152 g/mol. The van der Waals surface area contributed by atoms with Gasteiger partial charge in [-0.3, -0.25) is 0 Å². The number of hydrogen-bond acceptors (Lipinski definition) is 2. The molecule has 1 aromatic rings. The van der Waals surface area contributed by atoms with E-state index in [0.717, 1.165) is 11.3 Å². The standard InChI is InChI=1S/C10H10O2/c1-2-8-5-7-12-10(8)9-4-3-6-11-9/h2-6,10H,1,7H2. The first-order chi connectivity index (χ1) is 5.92. The van der Waals surface area contributed by atoms with E-state index in [4.69, 9.17) is 9.15 Å². The fourth-order valence-corrected chi connectivity index (χ4v) is 1.32. The topological polar surface area (TPSA) is 22.4 Å². The minimum Gasteiger partial charge on any atom is -0.466 e. The highest BCUT2D eigenvalue weighted by atomic mass is 16.5. The van der Waals surface area contributed by atoms with E-state index in [1.54, 1.807) is 12.3 Å². The van der Waals surface area contributed by atoms with Crippen molar-refractivity contribution in [3.05, 3.63) is 48.5 Å². The zero-order valence-corrected chi connectivity index (χ0v) is 6.69. The lowest BCUT2D eigenvalue weighted by atomic mass is 10.1. The van der Waals surface area contributed by atoms with Crippen molar-refractivity contribution in [2.45, 2.75) is 6.10 Å². The maximum Gasteiger partial charge on any atom is 0.140 e. The SMILES string of the molecule is C=CC1=CCOC1c1ccco1. The van der Waals surface area contributed by atoms with Crippen LogP contribution in [-0.4, -0.2) is 6.61 Å². The van der Waals surface area contributed by atoms with E-state index in [0.29, 0.717) is 6.61 Å². The van der Waals surface area contributed by atoms with Crippen molar-refractivity contribution >= 4 is 0 Å². The van der Waals surface area contributed by atoms with Gasteiger partial charge >= 0.3 is 0 Å². The third-order valence-corrected chi connectivity index (χ3v) is 1.92. The molecule has 62 valence electrons. The monoisotopic (exact) mass is 162 g/mol. The Bertz CT molecular complexity index is 296. The van der Waals surface area contributed by atoms with Crippen LogP contribution in [0.15, 0.2) is 47.1 Å². The largest absolute Gasteiger partial charge is 0.466 e. The van der Waals surface area contributed by atoms with Crippen LogP contribution < -0.4 is 0 Å². The minimum absolute atomic E-state index is 0.0440. The van der Waals surface area contributed by atoms with Gasteiger partial charge in [-0.25, -0.2) is 0 Å². The fraction of sp³-hybridized carbons (Fsp3) is 0.200. The molecule has 0 radical (unpaired) electrons. The molecular formula is C10H10O2. The van der Waals surface area contributed by atoms with Crippen molar-refractivity contribution in [3.63, 3.8) is 0 Å². The molecule has 1 aliphatic rings. The van der Waals surface area contributed by atoms with Crippen LogP contribution in [0.2, 0.25) is 0 Å². The molecule has 0 fully saturated rings. The van der Waals surface area contributed by atoms with E-state index >= 15 is 0 Å². The van der Waals surface area contributed by atoms with Crippen molar-refractivity contribution in [1.82, 2.24) is 0 Å². The van der Waals surface area contributed by atoms with Crippen LogP contribution in [0.5, 0.6) is 0 Å². The molecule has 0 N–H and O–H groups in total. The maximum absolute atomic E-state index is 5.44. The first-order valence-electron chi connectivity index (χ1n) is 3.89. The molecule has 2 rings (SSSR count). The number of ether oxygens (including phenoxy) is 1. The van der Waals surface area contributed by atoms with Gasteiger partial charge in [0.25, 0.3) is 0 Å². The molecule has 0 bridgehead atoms. The highest BCUT2D eigenvalue weighted by molar-refractivity contribution is 5.29. The highest BCUT2D eigenvalue weighted by Gasteiger charge is 2.21. The summed E-state index contributed by atoms with van der Waals surface area (Å²) < 4.78 is 10.7. The second-order valence-electron chi connectivity index (χ2n) is 2.64. The zero-order valence-electron chi connectivity index (χ0n) is 6.69. The molecule has 0 spiro atoms. The Morgan fingerprint density at radius 2 is 2.50 bits per heavy atom. The van der Waals surface area contributed by atoms with E-state index in [9.17, 15) is 0 Å². The predicted molar refractivity (Wildman–Crippen MR) is 45.7 cm³/mol. The first kappa shape index (κ1) is 7.37. The number of hydrogen-bond donors (Lipinski definition) is 0. The van der Waals surface area contributed by atoms with Crippen molar-refractivity contribution < 1.29 is 9.15 Å². The summed E-state index contributed by atoms with van der Waals surface area (Å²) in [5.74, 6) is 0.846. The molecule has 1 atom stereocenters. The molecule has 0 aromatic carbocycles. The second-order valence-corrected chi connectivity index (χ2v) is 2.64. The van der Waals surface area contributed by atoms with E-state index in [1.807, 2.05) is 18.2 Å². The van der Waals surface area contributed by atoms with E-state index in [1.165, 1.54) is 0 Å². The molecule has 2 nitrogen and oxygen atoms in total. The van der Waals surface area contributed by atoms with Gasteiger partial charge < -0.3 is 9.15 Å². The Morgan fingerprint density at radius 3 is 3.17 bits per heavy atom. The summed E-state index contributed by atoms with van der Waals surface area (Å²) in [5.41, 5.74) is 1.09. The number of furan rings is 1. The van der Waals surface area contributed by atoms with Gasteiger partial charge in [-0.1, -0.05) is 18.7 Å². The summed E-state index contributed by atoms with van der Waals surface area (Å²) in [6, 6.07) is 3.77. The molecule has 0 saturated heterocycles. The van der Waals surface area contributed by atoms with Crippen molar-refractivity contribution in [1.29, 1.82) is 0 Å². The van der Waals surface area contributed by atoms with Crippen LogP contribution in [0.3, 0.4) is 0 Å². The predicted octanol–water partition coefficient (Wildman–Crippen LogP) is 2.46. The first-order valence-corrected chi connectivity index (χ1v) is 3.89. The minimum atomic E-state index is -0.0440. The Morgan fingerprint density at radius 1 is 1.58 bits per heavy atom. The van der Waals surface area contributed by atoms with Crippen LogP contribution in [0.1, 0.15) is 11.9 Å². The summed E-state index contributed by atoms with van der Waals surface area (Å²) in [7, 11) is 0. The van der Waals surface area contributed by atoms with Gasteiger partial charge in [-0.2, -0.15) is 0 Å². The third kappa shape index (κ3) is 1.10. The summed E-state index contributed by atoms with van der Waals surface area (Å²) >= 11 is 0. The van der Waals surface area contributed by atoms with Crippen LogP contribution in [-0.2, 0) is 4.74 Å². The van der Waals surface area contributed by atoms with Gasteiger partial charge in [-0.05, 0) is 17.7 Å². The zero-order chi connectivity index (χ0) is 8.39. The Hall–Kier alpha value is -1.28. The molecule has 1 unspecified atom stereocenters. The van der Waals surface area contributed by atoms with Gasteiger partial charge in [-0.15, -0.1) is 0 Å². The average Bonchev–Trinajstić information content (AvgIpc) is 2.74. The van der Waals surface area contributed by atoms with Gasteiger partial charge in [0.15, 0.2) is 0 Å². The Balaban J connectivity index is 2.26. The van der Waals surface area contributed by atoms with Gasteiger partial charge in [0.2, 0.25) is 0 Å². The molecule has 2 heterocycles. The maximum atomic E-state index is 5.44. The van der Waals surface area contributed by atoms with Crippen molar-refractivity contribution in [2.24, 2.45) is 0 Å². The normalized spacial score (nSPS) is 22.3. The fourth-order valence-electron chi connectivity index (χ4n) is 1.32. The summed E-state index contributed by atoms with van der Waals surface area (Å²) in [4.78, 5) is 0. The summed E-state index contributed by atoms with van der Waals surface area (Å²) in [6.45, 7) is 4.36. The molecule has 0 aliphatic carbocycles. The molecule has 12 heavy (non-hydrogen) atoms. The number of rotatable bonds is 2.